The standard InChI is InChI=1S/C16H26N4O2/c1-11-10-20(15(21)22-16(3,4)5)12(2)9-19(11)13-6-7-14(17)18-8-13/h6-8,11-12H,9-10H2,1-5H3,(H2,17,18)/t11-,12?/m0/s1. The second kappa shape index (κ2) is 6.02. The molecule has 1 aromatic rings. The van der Waals surface area contributed by atoms with Gasteiger partial charge in [0.05, 0.1) is 11.9 Å². The minimum atomic E-state index is -0.474. The molecule has 0 spiro atoms. The largest absolute Gasteiger partial charge is 0.444 e. The van der Waals surface area contributed by atoms with E-state index in [2.05, 4.69) is 16.8 Å². The highest BCUT2D eigenvalue weighted by Crippen LogP contribution is 2.24. The Balaban J connectivity index is 2.08. The number of pyridine rings is 1. The lowest BCUT2D eigenvalue weighted by atomic mass is 10.1. The van der Waals surface area contributed by atoms with Gasteiger partial charge >= 0.3 is 6.09 Å². The van der Waals surface area contributed by atoms with Crippen LogP contribution in [0.15, 0.2) is 18.3 Å². The smallest absolute Gasteiger partial charge is 0.410 e. The predicted molar refractivity (Wildman–Crippen MR) is 87.9 cm³/mol. The Morgan fingerprint density at radius 3 is 2.50 bits per heavy atom. The third-order valence-electron chi connectivity index (χ3n) is 3.72. The number of nitrogens with zero attached hydrogens (tertiary/aromatic N) is 3. The van der Waals surface area contributed by atoms with Crippen LogP contribution in [0, 0.1) is 0 Å². The van der Waals surface area contributed by atoms with Crippen LogP contribution in [0.2, 0.25) is 0 Å². The molecule has 122 valence electrons. The van der Waals surface area contributed by atoms with Crippen molar-refractivity contribution in [3.8, 4) is 0 Å². The van der Waals surface area contributed by atoms with Gasteiger partial charge in [0, 0.05) is 25.2 Å². The third kappa shape index (κ3) is 3.81. The predicted octanol–water partition coefficient (Wildman–Crippen LogP) is 2.50. The van der Waals surface area contributed by atoms with E-state index in [1.807, 2.05) is 33.8 Å². The minimum Gasteiger partial charge on any atom is -0.444 e. The fraction of sp³-hybridized carbons (Fsp3) is 0.625. The molecule has 1 fully saturated rings. The van der Waals surface area contributed by atoms with Crippen LogP contribution in [0.5, 0.6) is 0 Å². The molecular formula is C16H26N4O2. The Kier molecular flexibility index (Phi) is 4.49. The van der Waals surface area contributed by atoms with Gasteiger partial charge in [-0.05, 0) is 46.8 Å². The number of hydrogen-bond acceptors (Lipinski definition) is 5. The number of aromatic nitrogens is 1. The fourth-order valence-corrected chi connectivity index (χ4v) is 2.63. The van der Waals surface area contributed by atoms with Gasteiger partial charge in [-0.15, -0.1) is 0 Å². The van der Waals surface area contributed by atoms with Gasteiger partial charge in [-0.1, -0.05) is 0 Å². The first kappa shape index (κ1) is 16.4. The molecule has 0 radical (unpaired) electrons. The number of carbonyl (C=O) groups is 1. The molecule has 22 heavy (non-hydrogen) atoms. The van der Waals surface area contributed by atoms with E-state index in [4.69, 9.17) is 10.5 Å². The van der Waals surface area contributed by atoms with E-state index >= 15 is 0 Å². The van der Waals surface area contributed by atoms with Gasteiger partial charge in [0.25, 0.3) is 0 Å². The lowest BCUT2D eigenvalue weighted by Gasteiger charge is -2.45. The van der Waals surface area contributed by atoms with Crippen molar-refractivity contribution in [1.82, 2.24) is 9.88 Å². The molecule has 0 aliphatic carbocycles. The number of piperazine rings is 1. The summed E-state index contributed by atoms with van der Waals surface area (Å²) in [5, 5.41) is 0. The van der Waals surface area contributed by atoms with Gasteiger partial charge in [0.15, 0.2) is 0 Å². The average Bonchev–Trinajstić information content (AvgIpc) is 2.40. The van der Waals surface area contributed by atoms with Crippen molar-refractivity contribution in [2.75, 3.05) is 23.7 Å². The Morgan fingerprint density at radius 2 is 1.95 bits per heavy atom. The maximum absolute atomic E-state index is 12.3. The monoisotopic (exact) mass is 306 g/mol. The van der Waals surface area contributed by atoms with Gasteiger partial charge in [-0.2, -0.15) is 0 Å². The summed E-state index contributed by atoms with van der Waals surface area (Å²) in [6.45, 7) is 11.2. The molecule has 2 rings (SSSR count). The van der Waals surface area contributed by atoms with E-state index < -0.39 is 5.60 Å². The number of nitrogens with two attached hydrogens (primary N) is 1. The van der Waals surface area contributed by atoms with E-state index in [-0.39, 0.29) is 18.2 Å². The van der Waals surface area contributed by atoms with Crippen LogP contribution in [0.1, 0.15) is 34.6 Å². The van der Waals surface area contributed by atoms with Crippen molar-refractivity contribution in [3.05, 3.63) is 18.3 Å². The quantitative estimate of drug-likeness (QED) is 0.863. The number of amides is 1. The fourth-order valence-electron chi connectivity index (χ4n) is 2.63. The van der Waals surface area contributed by atoms with Crippen LogP contribution in [-0.2, 0) is 4.74 Å². The lowest BCUT2D eigenvalue weighted by Crippen LogP contribution is -2.59. The van der Waals surface area contributed by atoms with Crippen LogP contribution >= 0.6 is 0 Å². The van der Waals surface area contributed by atoms with E-state index in [9.17, 15) is 4.79 Å². The zero-order chi connectivity index (χ0) is 16.5. The number of hydrogen-bond donors (Lipinski definition) is 1. The van der Waals surface area contributed by atoms with Crippen LogP contribution in [0.4, 0.5) is 16.3 Å². The Hall–Kier alpha value is -1.98. The van der Waals surface area contributed by atoms with Crippen LogP contribution < -0.4 is 10.6 Å². The zero-order valence-electron chi connectivity index (χ0n) is 14.0. The third-order valence-corrected chi connectivity index (χ3v) is 3.72. The minimum absolute atomic E-state index is 0.0728. The molecule has 2 N–H and O–H groups in total. The maximum Gasteiger partial charge on any atom is 0.410 e. The van der Waals surface area contributed by atoms with E-state index in [1.165, 1.54) is 0 Å². The first-order chi connectivity index (χ1) is 10.2. The van der Waals surface area contributed by atoms with Crippen molar-refractivity contribution < 1.29 is 9.53 Å². The molecule has 0 bridgehead atoms. The first-order valence-electron chi connectivity index (χ1n) is 7.65. The summed E-state index contributed by atoms with van der Waals surface area (Å²) in [6.07, 6.45) is 1.53. The van der Waals surface area contributed by atoms with Crippen molar-refractivity contribution in [2.45, 2.75) is 52.3 Å². The molecule has 6 nitrogen and oxygen atoms in total. The van der Waals surface area contributed by atoms with Crippen molar-refractivity contribution in [1.29, 1.82) is 0 Å². The molecule has 1 aromatic heterocycles. The van der Waals surface area contributed by atoms with Crippen LogP contribution in [0.25, 0.3) is 0 Å². The Labute approximate surface area is 132 Å². The van der Waals surface area contributed by atoms with E-state index in [0.717, 1.165) is 12.2 Å². The molecule has 1 aliphatic rings. The van der Waals surface area contributed by atoms with E-state index in [1.54, 1.807) is 17.2 Å². The van der Waals surface area contributed by atoms with Gasteiger partial charge in [-0.3, -0.25) is 0 Å². The highest BCUT2D eigenvalue weighted by molar-refractivity contribution is 5.69. The molecule has 6 heteroatoms. The second-order valence-corrected chi connectivity index (χ2v) is 6.92. The summed E-state index contributed by atoms with van der Waals surface area (Å²) in [4.78, 5) is 20.5. The number of nitrogen functional groups attached to an aromatic ring is 1. The highest BCUT2D eigenvalue weighted by atomic mass is 16.6. The molecule has 0 saturated carbocycles. The molecule has 1 saturated heterocycles. The normalized spacial score (nSPS) is 22.6. The SMILES string of the molecule is CC1CN(c2ccc(N)nc2)[C@@H](C)CN1C(=O)OC(C)(C)C. The summed E-state index contributed by atoms with van der Waals surface area (Å²) in [5.74, 6) is 0.511. The Morgan fingerprint density at radius 1 is 1.27 bits per heavy atom. The summed E-state index contributed by atoms with van der Waals surface area (Å²) >= 11 is 0. The van der Waals surface area contributed by atoms with Crippen molar-refractivity contribution in [3.63, 3.8) is 0 Å². The van der Waals surface area contributed by atoms with Gasteiger partial charge in [0.2, 0.25) is 0 Å². The number of anilines is 2. The summed E-state index contributed by atoms with van der Waals surface area (Å²) in [7, 11) is 0. The summed E-state index contributed by atoms with van der Waals surface area (Å²) in [6, 6.07) is 4.03. The summed E-state index contributed by atoms with van der Waals surface area (Å²) in [5.41, 5.74) is 6.19. The molecule has 2 atom stereocenters. The molecular weight excluding hydrogens is 280 g/mol. The van der Waals surface area contributed by atoms with Crippen LogP contribution in [-0.4, -0.2) is 46.8 Å². The Bertz CT molecular complexity index is 524. The van der Waals surface area contributed by atoms with Gasteiger partial charge in [-0.25, -0.2) is 9.78 Å². The highest BCUT2D eigenvalue weighted by Gasteiger charge is 2.34. The second-order valence-electron chi connectivity index (χ2n) is 6.92. The average molecular weight is 306 g/mol. The van der Waals surface area contributed by atoms with Gasteiger partial charge < -0.3 is 20.3 Å². The summed E-state index contributed by atoms with van der Waals surface area (Å²) < 4.78 is 5.49. The van der Waals surface area contributed by atoms with E-state index in [0.29, 0.717) is 12.4 Å². The maximum atomic E-state index is 12.3. The van der Waals surface area contributed by atoms with Crippen LogP contribution in [0.3, 0.4) is 0 Å². The zero-order valence-corrected chi connectivity index (χ0v) is 14.0. The molecule has 1 amide bonds. The number of carbonyl (C=O) groups excluding carboxylic acids is 1. The topological polar surface area (TPSA) is 71.7 Å². The molecule has 0 aromatic carbocycles. The first-order valence-corrected chi connectivity index (χ1v) is 7.65. The van der Waals surface area contributed by atoms with Gasteiger partial charge in [0.1, 0.15) is 11.4 Å². The van der Waals surface area contributed by atoms with Crippen molar-refractivity contribution in [2.24, 2.45) is 0 Å². The number of ether oxygens (including phenoxy) is 1. The molecule has 1 unspecified atom stereocenters. The molecule has 2 heterocycles. The number of rotatable bonds is 1. The lowest BCUT2D eigenvalue weighted by molar-refractivity contribution is 0.0130. The van der Waals surface area contributed by atoms with Crippen molar-refractivity contribution >= 4 is 17.6 Å². The molecule has 1 aliphatic heterocycles.